The summed E-state index contributed by atoms with van der Waals surface area (Å²) in [6.45, 7) is 0. The van der Waals surface area contributed by atoms with Crippen LogP contribution in [0.3, 0.4) is 0 Å². The summed E-state index contributed by atoms with van der Waals surface area (Å²) in [6, 6.07) is 148. The fourth-order valence-corrected chi connectivity index (χ4v) is 20.0. The van der Waals surface area contributed by atoms with Crippen LogP contribution < -0.4 is 9.80 Å². The van der Waals surface area contributed by atoms with Gasteiger partial charge in [-0.1, -0.05) is 255 Å². The first-order valence-electron chi connectivity index (χ1n) is 41.3. The average Bonchev–Trinajstić information content (AvgIpc) is 1.57. The summed E-state index contributed by atoms with van der Waals surface area (Å²) < 4.78 is 36.2. The van der Waals surface area contributed by atoms with Gasteiger partial charge < -0.3 is 31.9 Å². The summed E-state index contributed by atoms with van der Waals surface area (Å²) in [4.78, 5) is 4.70. The van der Waals surface area contributed by atoms with E-state index in [2.05, 4.69) is 386 Å². The Hall–Kier alpha value is -16.0. The number of hydrogen-bond acceptors (Lipinski definition) is 8. The Morgan fingerprint density at radius 3 is 0.967 bits per heavy atom. The minimum absolute atomic E-state index is 0.792. The smallest absolute Gasteiger partial charge is 0.144 e. The lowest BCUT2D eigenvalue weighted by molar-refractivity contribution is 0.665. The van der Waals surface area contributed by atoms with E-state index in [-0.39, 0.29) is 0 Å². The van der Waals surface area contributed by atoms with Gasteiger partial charge in [0.2, 0.25) is 0 Å². The molecule has 0 radical (unpaired) electrons. The molecule has 7 nitrogen and oxygen atoms in total. The number of para-hydroxylation sites is 4. The van der Waals surface area contributed by atoms with Gasteiger partial charge in [0.05, 0.1) is 0 Å². The van der Waals surface area contributed by atoms with E-state index < -0.39 is 0 Å². The van der Waals surface area contributed by atoms with Crippen LogP contribution >= 0.6 is 11.3 Å². The van der Waals surface area contributed by atoms with Crippen molar-refractivity contribution in [1.82, 2.24) is 0 Å². The monoisotopic (exact) mass is 1580 g/mol. The minimum atomic E-state index is 0.792. The van der Waals surface area contributed by atoms with Crippen LogP contribution in [0.2, 0.25) is 0 Å². The number of furan rings is 5. The summed E-state index contributed by atoms with van der Waals surface area (Å²) in [5, 5.41) is 13.3. The fraction of sp³-hybridized carbons (Fsp3) is 0. The second-order valence-corrected chi connectivity index (χ2v) is 32.7. The second-order valence-electron chi connectivity index (χ2n) is 31.6. The maximum atomic E-state index is 7.14. The molecule has 0 aliphatic carbocycles. The summed E-state index contributed by atoms with van der Waals surface area (Å²) in [7, 11) is 0. The van der Waals surface area contributed by atoms with E-state index in [9.17, 15) is 0 Å². The van der Waals surface area contributed by atoms with Crippen LogP contribution in [-0.2, 0) is 0 Å². The first-order chi connectivity index (χ1) is 60.4. The van der Waals surface area contributed by atoms with Gasteiger partial charge >= 0.3 is 0 Å². The van der Waals surface area contributed by atoms with E-state index in [0.29, 0.717) is 0 Å². The molecule has 122 heavy (non-hydrogen) atoms. The van der Waals surface area contributed by atoms with Crippen molar-refractivity contribution >= 4 is 175 Å². The zero-order chi connectivity index (χ0) is 80.0. The lowest BCUT2D eigenvalue weighted by Crippen LogP contribution is -2.09. The van der Waals surface area contributed by atoms with Crippen molar-refractivity contribution < 1.29 is 22.1 Å². The Morgan fingerprint density at radius 1 is 0.156 bits per heavy atom. The van der Waals surface area contributed by atoms with Crippen LogP contribution in [-0.4, -0.2) is 0 Å². The van der Waals surface area contributed by atoms with E-state index in [0.717, 1.165) is 227 Å². The Morgan fingerprint density at radius 2 is 0.467 bits per heavy atom. The molecule has 0 unspecified atom stereocenters. The first-order valence-corrected chi connectivity index (χ1v) is 42.1. The Balaban J connectivity index is 0.556. The van der Waals surface area contributed by atoms with Crippen LogP contribution in [0.15, 0.2) is 435 Å². The quantitative estimate of drug-likeness (QED) is 0.107. The van der Waals surface area contributed by atoms with Gasteiger partial charge in [0, 0.05) is 119 Å². The molecule has 25 aromatic rings. The van der Waals surface area contributed by atoms with Gasteiger partial charge in [-0.05, 0) is 236 Å². The first kappa shape index (κ1) is 69.2. The Bertz CT molecular complexity index is 8480. The molecule has 8 heteroatoms. The van der Waals surface area contributed by atoms with E-state index in [1.165, 1.54) is 25.7 Å². The molecule has 19 aromatic carbocycles. The number of nitrogens with zero attached hydrogens (tertiary/aromatic N) is 2. The van der Waals surface area contributed by atoms with E-state index in [1.54, 1.807) is 0 Å². The Labute approximate surface area is 703 Å². The van der Waals surface area contributed by atoms with Gasteiger partial charge in [0.15, 0.2) is 0 Å². The maximum Gasteiger partial charge on any atom is 0.144 e. The number of anilines is 6. The highest BCUT2D eigenvalue weighted by atomic mass is 32.1. The van der Waals surface area contributed by atoms with Crippen molar-refractivity contribution in [1.29, 1.82) is 0 Å². The third kappa shape index (κ3) is 11.3. The topological polar surface area (TPSA) is 72.2 Å². The van der Waals surface area contributed by atoms with Crippen molar-refractivity contribution in [2.24, 2.45) is 0 Å². The molecule has 0 fully saturated rings. The molecular weight excluding hydrogens is 1510 g/mol. The molecule has 6 aromatic heterocycles. The molecule has 25 rings (SSSR count). The van der Waals surface area contributed by atoms with Gasteiger partial charge in [-0.15, -0.1) is 11.3 Å². The number of fused-ring (bicyclic) bond motifs is 18. The molecule has 0 spiro atoms. The molecule has 0 atom stereocenters. The number of rotatable bonds is 14. The van der Waals surface area contributed by atoms with E-state index in [1.807, 2.05) is 47.7 Å². The standard InChI is InChI=1S/C114H68N2O5S/c1-2-16-69(17-3-1)77-46-61-89-90-62-47-78(68-106(90)119-105(89)67-77)71-36-51-80(52-37-71)116(82-55-40-73(41-56-82)86-23-14-31-103-110(86)95-20-5-9-28-100(95)118-103)84-59-44-75(45-60-84)88-63-64-93(114-112(88)96-21-6-10-29-101(96)120-114)92-25-12-26-97-111-87(24-15-32-104(111)121-113(92)97)74-42-57-83(58-43-74)115(79-49-34-70(35-50-79)76-48-65-108-98(66-76)91-18-7-11-33-107(91)122-108)81-53-38-72(39-54-81)85-22-13-30-102-109(85)94-19-4-8-27-99(94)117-102/h1-68H. The average molecular weight is 1580 g/mol. The van der Waals surface area contributed by atoms with Gasteiger partial charge in [0.1, 0.15) is 55.8 Å². The highest BCUT2D eigenvalue weighted by Crippen LogP contribution is 2.50. The predicted molar refractivity (Wildman–Crippen MR) is 509 cm³/mol. The zero-order valence-corrected chi connectivity index (χ0v) is 66.4. The predicted octanol–water partition coefficient (Wildman–Crippen LogP) is 33.8. The maximum absolute atomic E-state index is 7.14. The molecule has 0 aliphatic heterocycles. The number of thiophene rings is 1. The molecule has 0 N–H and O–H groups in total. The molecular formula is C114H68N2O5S. The molecule has 0 bridgehead atoms. The SMILES string of the molecule is c1ccc(-c2ccc3c(c2)oc2cc(-c4ccc(N(c5ccc(-c6cccc7oc8ccccc8c67)cc5)c5ccc(-c6ccc(-c7cccc8c7oc7cccc(-c9ccc(N(c%10ccc(-c%11ccc%12sc%13ccccc%13c%12c%11)cc%10)c%10ccc(-c%11cccc%12oc%13ccccc%13c%11%12)cc%10)cc9)c78)c7oc8ccccc8c67)cc5)cc4)ccc23)cc1. The Kier molecular flexibility index (Phi) is 15.8. The number of benzene rings is 19. The van der Waals surface area contributed by atoms with Crippen molar-refractivity contribution in [3.63, 3.8) is 0 Å². The van der Waals surface area contributed by atoms with Crippen LogP contribution in [0.5, 0.6) is 0 Å². The van der Waals surface area contributed by atoms with E-state index >= 15 is 0 Å². The molecule has 570 valence electrons. The second kappa shape index (κ2) is 27.8. The molecule has 0 saturated carbocycles. The zero-order valence-electron chi connectivity index (χ0n) is 65.6. The number of hydrogen-bond donors (Lipinski definition) is 0. The third-order valence-corrected chi connectivity index (χ3v) is 25.9. The van der Waals surface area contributed by atoms with Gasteiger partial charge in [0.25, 0.3) is 0 Å². The van der Waals surface area contributed by atoms with Crippen LogP contribution in [0.1, 0.15) is 0 Å². The van der Waals surface area contributed by atoms with Crippen molar-refractivity contribution in [3.8, 4) is 89.0 Å². The van der Waals surface area contributed by atoms with Gasteiger partial charge in [-0.2, -0.15) is 0 Å². The highest BCUT2D eigenvalue weighted by molar-refractivity contribution is 7.25. The summed E-state index contributed by atoms with van der Waals surface area (Å²) in [5.41, 5.74) is 32.0. The summed E-state index contributed by atoms with van der Waals surface area (Å²) >= 11 is 1.85. The largest absolute Gasteiger partial charge is 0.456 e. The van der Waals surface area contributed by atoms with Crippen LogP contribution in [0, 0.1) is 0 Å². The molecule has 6 heterocycles. The van der Waals surface area contributed by atoms with Crippen molar-refractivity contribution in [2.45, 2.75) is 0 Å². The minimum Gasteiger partial charge on any atom is -0.456 e. The summed E-state index contributed by atoms with van der Waals surface area (Å²) in [6.07, 6.45) is 0. The van der Waals surface area contributed by atoms with Crippen molar-refractivity contribution in [2.75, 3.05) is 9.80 Å². The van der Waals surface area contributed by atoms with Crippen LogP contribution in [0.25, 0.3) is 219 Å². The normalized spacial score (nSPS) is 11.9. The van der Waals surface area contributed by atoms with Gasteiger partial charge in [-0.25, -0.2) is 0 Å². The molecule has 0 amide bonds. The molecule has 0 aliphatic rings. The van der Waals surface area contributed by atoms with Gasteiger partial charge in [-0.3, -0.25) is 0 Å². The van der Waals surface area contributed by atoms with E-state index in [4.69, 9.17) is 22.1 Å². The van der Waals surface area contributed by atoms with Crippen molar-refractivity contribution in [3.05, 3.63) is 413 Å². The highest BCUT2D eigenvalue weighted by Gasteiger charge is 2.26. The molecule has 0 saturated heterocycles. The van der Waals surface area contributed by atoms with Crippen LogP contribution in [0.4, 0.5) is 34.1 Å². The summed E-state index contributed by atoms with van der Waals surface area (Å²) in [5.74, 6) is 0. The lowest BCUT2D eigenvalue weighted by atomic mass is 9.93. The lowest BCUT2D eigenvalue weighted by Gasteiger charge is -2.26. The fourth-order valence-electron chi connectivity index (χ4n) is 18.9. The third-order valence-electron chi connectivity index (χ3n) is 24.8.